The lowest BCUT2D eigenvalue weighted by Gasteiger charge is -2.30. The summed E-state index contributed by atoms with van der Waals surface area (Å²) < 4.78 is 26.8. The highest BCUT2D eigenvalue weighted by atomic mass is 35.5. The molecule has 1 saturated carbocycles. The number of piperidine rings is 1. The van der Waals surface area contributed by atoms with E-state index in [1.807, 2.05) is 0 Å². The van der Waals surface area contributed by atoms with Gasteiger partial charge in [-0.15, -0.1) is 12.4 Å². The Morgan fingerprint density at radius 3 is 2.45 bits per heavy atom. The van der Waals surface area contributed by atoms with Gasteiger partial charge < -0.3 is 10.2 Å². The number of hydrogen-bond donors (Lipinski definition) is 1. The zero-order valence-electron chi connectivity index (χ0n) is 12.4. The Hall–Kier alpha value is -1.20. The minimum Gasteiger partial charge on any atom is -0.335 e. The summed E-state index contributed by atoms with van der Waals surface area (Å²) in [5.74, 6) is -0.990. The zero-order chi connectivity index (χ0) is 14.8. The monoisotopic (exact) mass is 330 g/mol. The molecule has 1 aromatic carbocycles. The summed E-state index contributed by atoms with van der Waals surface area (Å²) in [7, 11) is 0. The van der Waals surface area contributed by atoms with Gasteiger partial charge in [-0.05, 0) is 44.8 Å². The quantitative estimate of drug-likeness (QED) is 0.920. The maximum atomic E-state index is 13.8. The molecule has 2 fully saturated rings. The highest BCUT2D eigenvalue weighted by Crippen LogP contribution is 2.31. The smallest absolute Gasteiger partial charge is 0.226 e. The second-order valence-electron chi connectivity index (χ2n) is 5.96. The van der Waals surface area contributed by atoms with Gasteiger partial charge in [0, 0.05) is 30.1 Å². The molecule has 0 aromatic heterocycles. The third-order valence-corrected chi connectivity index (χ3v) is 4.31. The SMILES string of the molecule is Cl.O=C(C1CCNCC1)N(Cc1ccc(F)cc1F)C1CC1. The van der Waals surface area contributed by atoms with Crippen LogP contribution in [-0.4, -0.2) is 29.9 Å². The third-order valence-electron chi connectivity index (χ3n) is 4.31. The lowest BCUT2D eigenvalue weighted by atomic mass is 9.96. The number of nitrogens with one attached hydrogen (secondary N) is 1. The van der Waals surface area contributed by atoms with Crippen LogP contribution in [0.25, 0.3) is 0 Å². The summed E-state index contributed by atoms with van der Waals surface area (Å²) in [6.45, 7) is 1.97. The van der Waals surface area contributed by atoms with Crippen LogP contribution < -0.4 is 5.32 Å². The van der Waals surface area contributed by atoms with E-state index in [2.05, 4.69) is 5.32 Å². The lowest BCUT2D eigenvalue weighted by Crippen LogP contribution is -2.41. The zero-order valence-corrected chi connectivity index (χ0v) is 13.2. The Morgan fingerprint density at radius 1 is 1.18 bits per heavy atom. The van der Waals surface area contributed by atoms with E-state index in [9.17, 15) is 13.6 Å². The van der Waals surface area contributed by atoms with Crippen molar-refractivity contribution in [1.82, 2.24) is 10.2 Å². The number of hydrogen-bond acceptors (Lipinski definition) is 2. The van der Waals surface area contributed by atoms with E-state index in [0.717, 1.165) is 44.8 Å². The minimum absolute atomic E-state index is 0. The van der Waals surface area contributed by atoms with Gasteiger partial charge in [0.05, 0.1) is 0 Å². The summed E-state index contributed by atoms with van der Waals surface area (Å²) in [6, 6.07) is 3.81. The van der Waals surface area contributed by atoms with Crippen molar-refractivity contribution in [3.05, 3.63) is 35.4 Å². The van der Waals surface area contributed by atoms with E-state index in [1.54, 1.807) is 4.90 Å². The first-order chi connectivity index (χ1) is 10.1. The Kier molecular flexibility index (Phi) is 5.75. The predicted molar refractivity (Wildman–Crippen MR) is 82.8 cm³/mol. The van der Waals surface area contributed by atoms with Crippen molar-refractivity contribution in [1.29, 1.82) is 0 Å². The van der Waals surface area contributed by atoms with Gasteiger partial charge in [0.15, 0.2) is 0 Å². The van der Waals surface area contributed by atoms with Gasteiger partial charge in [0.25, 0.3) is 0 Å². The molecule has 1 aliphatic heterocycles. The number of amides is 1. The predicted octanol–water partition coefficient (Wildman–Crippen LogP) is 2.88. The van der Waals surface area contributed by atoms with Gasteiger partial charge in [-0.3, -0.25) is 4.79 Å². The van der Waals surface area contributed by atoms with Crippen molar-refractivity contribution in [3.8, 4) is 0 Å². The van der Waals surface area contributed by atoms with Crippen molar-refractivity contribution in [3.63, 3.8) is 0 Å². The van der Waals surface area contributed by atoms with Crippen LogP contribution in [0.1, 0.15) is 31.2 Å². The Balaban J connectivity index is 0.00000176. The largest absolute Gasteiger partial charge is 0.335 e. The van der Waals surface area contributed by atoms with E-state index in [4.69, 9.17) is 0 Å². The van der Waals surface area contributed by atoms with Gasteiger partial charge in [0.2, 0.25) is 5.91 Å². The first kappa shape index (κ1) is 17.2. The molecular formula is C16H21ClF2N2O. The molecule has 1 aromatic rings. The van der Waals surface area contributed by atoms with E-state index in [-0.39, 0.29) is 36.8 Å². The van der Waals surface area contributed by atoms with E-state index in [1.165, 1.54) is 12.1 Å². The van der Waals surface area contributed by atoms with E-state index in [0.29, 0.717) is 5.56 Å². The molecule has 0 radical (unpaired) electrons. The van der Waals surface area contributed by atoms with Crippen LogP contribution in [-0.2, 0) is 11.3 Å². The fraction of sp³-hybridized carbons (Fsp3) is 0.562. The second kappa shape index (κ2) is 7.38. The van der Waals surface area contributed by atoms with Crippen molar-refractivity contribution < 1.29 is 13.6 Å². The number of carbonyl (C=O) groups excluding carboxylic acids is 1. The van der Waals surface area contributed by atoms with Crippen LogP contribution in [0.3, 0.4) is 0 Å². The van der Waals surface area contributed by atoms with Gasteiger partial charge >= 0.3 is 0 Å². The summed E-state index contributed by atoms with van der Waals surface area (Å²) in [5.41, 5.74) is 0.394. The summed E-state index contributed by atoms with van der Waals surface area (Å²) in [6.07, 6.45) is 3.65. The molecule has 3 nitrogen and oxygen atoms in total. The Bertz CT molecular complexity index is 531. The summed E-state index contributed by atoms with van der Waals surface area (Å²) >= 11 is 0. The lowest BCUT2D eigenvalue weighted by molar-refractivity contribution is -0.137. The van der Waals surface area contributed by atoms with Crippen LogP contribution in [0, 0.1) is 17.6 Å². The fourth-order valence-electron chi connectivity index (χ4n) is 2.91. The van der Waals surface area contributed by atoms with Crippen molar-refractivity contribution in [2.24, 2.45) is 5.92 Å². The van der Waals surface area contributed by atoms with Crippen LogP contribution in [0.5, 0.6) is 0 Å². The minimum atomic E-state index is -0.584. The highest BCUT2D eigenvalue weighted by molar-refractivity contribution is 5.85. The van der Waals surface area contributed by atoms with Crippen molar-refractivity contribution in [2.45, 2.75) is 38.3 Å². The fourth-order valence-corrected chi connectivity index (χ4v) is 2.91. The molecule has 3 rings (SSSR count). The molecule has 122 valence electrons. The number of rotatable bonds is 4. The molecule has 1 saturated heterocycles. The van der Waals surface area contributed by atoms with E-state index >= 15 is 0 Å². The van der Waals surface area contributed by atoms with Gasteiger partial charge in [-0.2, -0.15) is 0 Å². The van der Waals surface area contributed by atoms with Crippen LogP contribution in [0.4, 0.5) is 8.78 Å². The third kappa shape index (κ3) is 3.96. The average Bonchev–Trinajstić information content (AvgIpc) is 3.31. The molecule has 1 heterocycles. The second-order valence-corrected chi connectivity index (χ2v) is 5.96. The first-order valence-corrected chi connectivity index (χ1v) is 7.60. The van der Waals surface area contributed by atoms with Gasteiger partial charge in [-0.25, -0.2) is 8.78 Å². The molecule has 0 bridgehead atoms. The molecule has 1 aliphatic carbocycles. The Morgan fingerprint density at radius 2 is 1.86 bits per heavy atom. The normalized spacial score (nSPS) is 18.6. The van der Waals surface area contributed by atoms with Crippen LogP contribution in [0.15, 0.2) is 18.2 Å². The number of halogens is 3. The molecule has 22 heavy (non-hydrogen) atoms. The maximum absolute atomic E-state index is 13.8. The molecule has 0 spiro atoms. The maximum Gasteiger partial charge on any atom is 0.226 e. The van der Waals surface area contributed by atoms with Gasteiger partial charge in [-0.1, -0.05) is 6.07 Å². The number of nitrogens with zero attached hydrogens (tertiary/aromatic N) is 1. The molecule has 0 unspecified atom stereocenters. The molecular weight excluding hydrogens is 310 g/mol. The molecule has 0 atom stereocenters. The Labute approximate surface area is 135 Å². The highest BCUT2D eigenvalue weighted by Gasteiger charge is 2.36. The average molecular weight is 331 g/mol. The molecule has 2 aliphatic rings. The van der Waals surface area contributed by atoms with Gasteiger partial charge in [0.1, 0.15) is 11.6 Å². The summed E-state index contributed by atoms with van der Waals surface area (Å²) in [5, 5.41) is 3.25. The number of benzene rings is 1. The van der Waals surface area contributed by atoms with Crippen molar-refractivity contribution >= 4 is 18.3 Å². The molecule has 1 N–H and O–H groups in total. The first-order valence-electron chi connectivity index (χ1n) is 7.60. The standard InChI is InChI=1S/C16H20F2N2O.ClH/c17-13-2-1-12(15(18)9-13)10-20(14-3-4-14)16(21)11-5-7-19-8-6-11;/h1-2,9,11,14,19H,3-8,10H2;1H. The van der Waals surface area contributed by atoms with E-state index < -0.39 is 11.6 Å². The van der Waals surface area contributed by atoms with Crippen LogP contribution >= 0.6 is 12.4 Å². The topological polar surface area (TPSA) is 32.3 Å². The number of carbonyl (C=O) groups is 1. The molecule has 6 heteroatoms. The van der Waals surface area contributed by atoms with Crippen LogP contribution in [0.2, 0.25) is 0 Å². The summed E-state index contributed by atoms with van der Waals surface area (Å²) in [4.78, 5) is 14.5. The molecule has 1 amide bonds. The van der Waals surface area contributed by atoms with Crippen molar-refractivity contribution in [2.75, 3.05) is 13.1 Å².